The van der Waals surface area contributed by atoms with Crippen molar-refractivity contribution in [3.05, 3.63) is 24.3 Å². The topological polar surface area (TPSA) is 46.5 Å². The van der Waals surface area contributed by atoms with Gasteiger partial charge >= 0.3 is 5.97 Å². The number of ether oxygens (including phenoxy) is 1. The molecule has 142 valence electrons. The summed E-state index contributed by atoms with van der Waals surface area (Å²) in [4.78, 5) is 11.4. The van der Waals surface area contributed by atoms with Gasteiger partial charge in [-0.05, 0) is 63.2 Å². The minimum absolute atomic E-state index is 0.00458. The van der Waals surface area contributed by atoms with Crippen LogP contribution in [0.5, 0.6) is 0 Å². The molecule has 1 N–H and O–H groups in total. The molecule has 25 heavy (non-hydrogen) atoms. The molecule has 0 radical (unpaired) electrons. The molecule has 0 aromatic heterocycles. The highest BCUT2D eigenvalue weighted by molar-refractivity contribution is 5.65. The Morgan fingerprint density at radius 3 is 2.52 bits per heavy atom. The zero-order chi connectivity index (χ0) is 18.9. The average Bonchev–Trinajstić information content (AvgIpc) is 2.51. The van der Waals surface area contributed by atoms with Crippen molar-refractivity contribution in [1.82, 2.24) is 0 Å². The van der Waals surface area contributed by atoms with Gasteiger partial charge in [-0.3, -0.25) is 4.79 Å². The van der Waals surface area contributed by atoms with Crippen molar-refractivity contribution in [3.63, 3.8) is 0 Å². The van der Waals surface area contributed by atoms with Crippen molar-refractivity contribution in [3.8, 4) is 0 Å². The molecule has 2 saturated carbocycles. The van der Waals surface area contributed by atoms with E-state index < -0.39 is 5.60 Å². The zero-order valence-corrected chi connectivity index (χ0v) is 16.7. The lowest BCUT2D eigenvalue weighted by Crippen LogP contribution is -2.58. The van der Waals surface area contributed by atoms with Crippen molar-refractivity contribution in [1.29, 1.82) is 0 Å². The lowest BCUT2D eigenvalue weighted by molar-refractivity contribution is -0.184. The smallest absolute Gasteiger partial charge is 0.302 e. The monoisotopic (exact) mass is 348 g/mol. The largest absolute Gasteiger partial charge is 0.465 e. The van der Waals surface area contributed by atoms with Gasteiger partial charge in [0.1, 0.15) is 0 Å². The second-order valence-electron chi connectivity index (χ2n) is 9.18. The fourth-order valence-electron chi connectivity index (χ4n) is 5.78. The molecule has 0 aliphatic heterocycles. The second-order valence-corrected chi connectivity index (χ2v) is 9.18. The molecule has 5 unspecified atom stereocenters. The average molecular weight is 349 g/mol. The highest BCUT2D eigenvalue weighted by atomic mass is 16.5. The number of hydrogen-bond donors (Lipinski definition) is 1. The standard InChI is InChI=1S/C22H36O3/c1-7-16(2)9-10-19-21(5)13-8-12-20(4,15-25-17(3)23)18(21)11-14-22(19,6)24/h7,9,18-19,24H,1,8,10-15H2,2-6H3. The number of esters is 1. The summed E-state index contributed by atoms with van der Waals surface area (Å²) >= 11 is 0. The second kappa shape index (κ2) is 7.26. The van der Waals surface area contributed by atoms with E-state index in [1.54, 1.807) is 0 Å². The van der Waals surface area contributed by atoms with Crippen LogP contribution in [0.25, 0.3) is 0 Å². The van der Waals surface area contributed by atoms with Crippen LogP contribution in [-0.4, -0.2) is 23.3 Å². The molecule has 3 heteroatoms. The van der Waals surface area contributed by atoms with E-state index >= 15 is 0 Å². The highest BCUT2D eigenvalue weighted by Gasteiger charge is 2.58. The predicted octanol–water partition coefficient (Wildman–Crippen LogP) is 5.05. The predicted molar refractivity (Wildman–Crippen MR) is 102 cm³/mol. The third kappa shape index (κ3) is 4.02. The highest BCUT2D eigenvalue weighted by Crippen LogP contribution is 2.63. The van der Waals surface area contributed by atoms with Crippen LogP contribution >= 0.6 is 0 Å². The van der Waals surface area contributed by atoms with Crippen molar-refractivity contribution in [2.45, 2.75) is 78.7 Å². The van der Waals surface area contributed by atoms with Crippen LogP contribution < -0.4 is 0 Å². The first-order valence-corrected chi connectivity index (χ1v) is 9.70. The summed E-state index contributed by atoms with van der Waals surface area (Å²) < 4.78 is 5.45. The van der Waals surface area contributed by atoms with Crippen LogP contribution in [0.1, 0.15) is 73.1 Å². The molecular weight excluding hydrogens is 312 g/mol. The maximum absolute atomic E-state index is 11.4. The number of allylic oxidation sites excluding steroid dienone is 3. The fourth-order valence-corrected chi connectivity index (χ4v) is 5.78. The molecule has 0 aromatic rings. The maximum Gasteiger partial charge on any atom is 0.302 e. The van der Waals surface area contributed by atoms with Crippen molar-refractivity contribution >= 4 is 5.97 Å². The first-order valence-electron chi connectivity index (χ1n) is 9.70. The third-order valence-electron chi connectivity index (χ3n) is 7.19. The Morgan fingerprint density at radius 1 is 1.24 bits per heavy atom. The number of carbonyl (C=O) groups is 1. The van der Waals surface area contributed by atoms with E-state index in [2.05, 4.69) is 33.4 Å². The summed E-state index contributed by atoms with van der Waals surface area (Å²) in [6.07, 6.45) is 10.1. The SMILES string of the molecule is C=CC(C)=CCC1C(C)(O)CCC2C(C)(COC(C)=O)CCCC12C. The van der Waals surface area contributed by atoms with E-state index in [-0.39, 0.29) is 22.7 Å². The van der Waals surface area contributed by atoms with Crippen molar-refractivity contribution in [2.24, 2.45) is 22.7 Å². The molecule has 2 rings (SSSR count). The minimum atomic E-state index is -0.650. The quantitative estimate of drug-likeness (QED) is 0.559. The Labute approximate surface area is 153 Å². The fraction of sp³-hybridized carbons (Fsp3) is 0.773. The summed E-state index contributed by atoms with van der Waals surface area (Å²) in [5, 5.41) is 11.2. The van der Waals surface area contributed by atoms with E-state index in [1.165, 1.54) is 12.5 Å². The summed E-state index contributed by atoms with van der Waals surface area (Å²) in [5.74, 6) is 0.485. The first kappa shape index (κ1) is 20.2. The van der Waals surface area contributed by atoms with Gasteiger partial charge in [0.15, 0.2) is 0 Å². The number of hydrogen-bond acceptors (Lipinski definition) is 3. The molecule has 2 fully saturated rings. The van der Waals surface area contributed by atoms with E-state index in [0.29, 0.717) is 12.5 Å². The number of fused-ring (bicyclic) bond motifs is 1. The molecule has 5 atom stereocenters. The van der Waals surface area contributed by atoms with E-state index in [4.69, 9.17) is 4.74 Å². The maximum atomic E-state index is 11.4. The van der Waals surface area contributed by atoms with Gasteiger partial charge in [-0.25, -0.2) is 0 Å². The molecule has 2 aliphatic carbocycles. The van der Waals surface area contributed by atoms with Gasteiger partial charge in [-0.2, -0.15) is 0 Å². The van der Waals surface area contributed by atoms with Gasteiger partial charge in [0.05, 0.1) is 12.2 Å². The molecule has 2 aliphatic rings. The first-order chi connectivity index (χ1) is 11.5. The molecule has 0 aromatic carbocycles. The normalized spacial score (nSPS) is 41.8. The molecule has 0 spiro atoms. The summed E-state index contributed by atoms with van der Waals surface area (Å²) in [7, 11) is 0. The zero-order valence-electron chi connectivity index (χ0n) is 16.7. The van der Waals surface area contributed by atoms with Gasteiger partial charge in [-0.15, -0.1) is 0 Å². The van der Waals surface area contributed by atoms with Crippen LogP contribution in [0, 0.1) is 22.7 Å². The molecule has 0 saturated heterocycles. The van der Waals surface area contributed by atoms with E-state index in [0.717, 1.165) is 38.5 Å². The van der Waals surface area contributed by atoms with E-state index in [9.17, 15) is 9.90 Å². The number of carbonyl (C=O) groups excluding carboxylic acids is 1. The minimum Gasteiger partial charge on any atom is -0.465 e. The van der Waals surface area contributed by atoms with Gasteiger partial charge in [0, 0.05) is 12.3 Å². The Balaban J connectivity index is 2.33. The summed E-state index contributed by atoms with van der Waals surface area (Å²) in [6, 6.07) is 0. The molecular formula is C22H36O3. The Kier molecular flexibility index (Phi) is 5.88. The van der Waals surface area contributed by atoms with Gasteiger partial charge < -0.3 is 9.84 Å². The molecule has 3 nitrogen and oxygen atoms in total. The Hall–Kier alpha value is -1.09. The third-order valence-corrected chi connectivity index (χ3v) is 7.19. The number of aliphatic hydroxyl groups is 1. The number of rotatable bonds is 5. The van der Waals surface area contributed by atoms with Gasteiger partial charge in [0.2, 0.25) is 0 Å². The van der Waals surface area contributed by atoms with Gasteiger partial charge in [0.25, 0.3) is 0 Å². The Morgan fingerprint density at radius 2 is 1.92 bits per heavy atom. The van der Waals surface area contributed by atoms with Crippen LogP contribution in [0.2, 0.25) is 0 Å². The lowest BCUT2D eigenvalue weighted by Gasteiger charge is -2.61. The lowest BCUT2D eigenvalue weighted by atomic mass is 9.45. The van der Waals surface area contributed by atoms with Crippen LogP contribution in [0.4, 0.5) is 0 Å². The summed E-state index contributed by atoms with van der Waals surface area (Å²) in [5.41, 5.74) is 0.584. The summed E-state index contributed by atoms with van der Waals surface area (Å²) in [6.45, 7) is 14.5. The molecule has 0 bridgehead atoms. The Bertz CT molecular complexity index is 547. The van der Waals surface area contributed by atoms with Crippen LogP contribution in [0.3, 0.4) is 0 Å². The van der Waals surface area contributed by atoms with Crippen molar-refractivity contribution < 1.29 is 14.6 Å². The van der Waals surface area contributed by atoms with Crippen molar-refractivity contribution in [2.75, 3.05) is 6.61 Å². The van der Waals surface area contributed by atoms with Crippen LogP contribution in [0.15, 0.2) is 24.3 Å². The van der Waals surface area contributed by atoms with E-state index in [1.807, 2.05) is 13.0 Å². The van der Waals surface area contributed by atoms with Crippen LogP contribution in [-0.2, 0) is 9.53 Å². The molecule has 0 amide bonds. The molecule has 0 heterocycles. The van der Waals surface area contributed by atoms with Gasteiger partial charge in [-0.1, -0.05) is 44.6 Å².